The number of rotatable bonds is 6. The fourth-order valence-corrected chi connectivity index (χ4v) is 3.33. The first-order valence-electron chi connectivity index (χ1n) is 9.52. The van der Waals surface area contributed by atoms with Crippen LogP contribution in [0.25, 0.3) is 11.3 Å². The molecule has 1 aromatic carbocycles. The van der Waals surface area contributed by atoms with Crippen molar-refractivity contribution in [3.63, 3.8) is 0 Å². The highest BCUT2D eigenvalue weighted by Gasteiger charge is 2.16. The van der Waals surface area contributed by atoms with Crippen molar-refractivity contribution in [2.75, 3.05) is 11.9 Å². The van der Waals surface area contributed by atoms with Gasteiger partial charge in [0, 0.05) is 42.0 Å². The number of aromatic nitrogens is 4. The van der Waals surface area contributed by atoms with Gasteiger partial charge in [0.25, 0.3) is 5.56 Å². The van der Waals surface area contributed by atoms with E-state index < -0.39 is 24.0 Å². The monoisotopic (exact) mass is 453 g/mol. The first-order chi connectivity index (χ1) is 15.4. The summed E-state index contributed by atoms with van der Waals surface area (Å²) in [5.41, 5.74) is 1.27. The standard InChI is InChI=1S/C22H17ClFN5O3/c23-16-2-1-14(9-17(16)24)19(12-30)29-8-5-13(10-21(29)32)18-4-7-26-22(28-18)27-15-3-6-25-20(31)11-15/h1-11,19,30H,12H2,(H2,25,26,27,28,31)/t19-/m1/s1. The summed E-state index contributed by atoms with van der Waals surface area (Å²) in [5.74, 6) is -0.379. The Bertz CT molecular complexity index is 1390. The average molecular weight is 454 g/mol. The van der Waals surface area contributed by atoms with Gasteiger partial charge in [-0.05, 0) is 35.9 Å². The zero-order valence-corrected chi connectivity index (χ0v) is 17.3. The maximum absolute atomic E-state index is 13.9. The Morgan fingerprint density at radius 2 is 2.00 bits per heavy atom. The molecule has 0 aliphatic heterocycles. The zero-order chi connectivity index (χ0) is 22.7. The molecule has 0 aliphatic carbocycles. The molecule has 10 heteroatoms. The highest BCUT2D eigenvalue weighted by atomic mass is 35.5. The van der Waals surface area contributed by atoms with Gasteiger partial charge in [0.05, 0.1) is 23.4 Å². The van der Waals surface area contributed by atoms with Gasteiger partial charge < -0.3 is 20.0 Å². The molecule has 0 aliphatic rings. The second-order valence-corrected chi connectivity index (χ2v) is 7.27. The van der Waals surface area contributed by atoms with Crippen molar-refractivity contribution in [1.82, 2.24) is 19.5 Å². The largest absolute Gasteiger partial charge is 0.394 e. The Hall–Kier alpha value is -3.82. The van der Waals surface area contributed by atoms with Crippen LogP contribution in [0.2, 0.25) is 5.02 Å². The molecular formula is C22H17ClFN5O3. The lowest BCUT2D eigenvalue weighted by Gasteiger charge is -2.18. The zero-order valence-electron chi connectivity index (χ0n) is 16.5. The first-order valence-corrected chi connectivity index (χ1v) is 9.89. The number of nitrogens with zero attached hydrogens (tertiary/aromatic N) is 3. The predicted molar refractivity (Wildman–Crippen MR) is 119 cm³/mol. The van der Waals surface area contributed by atoms with Gasteiger partial charge >= 0.3 is 0 Å². The lowest BCUT2D eigenvalue weighted by atomic mass is 10.1. The van der Waals surface area contributed by atoms with E-state index >= 15 is 0 Å². The Balaban J connectivity index is 1.63. The Kier molecular flexibility index (Phi) is 6.11. The quantitative estimate of drug-likeness (QED) is 0.413. The number of aliphatic hydroxyl groups is 1. The lowest BCUT2D eigenvalue weighted by Crippen LogP contribution is -2.27. The molecule has 1 atom stereocenters. The molecule has 0 bridgehead atoms. The second kappa shape index (κ2) is 9.13. The third-order valence-corrected chi connectivity index (χ3v) is 5.07. The number of benzene rings is 1. The number of aliphatic hydroxyl groups excluding tert-OH is 1. The lowest BCUT2D eigenvalue weighted by molar-refractivity contribution is 0.247. The fraction of sp³-hybridized carbons (Fsp3) is 0.0909. The minimum absolute atomic E-state index is 0.0404. The Morgan fingerprint density at radius 1 is 1.16 bits per heavy atom. The van der Waals surface area contributed by atoms with Crippen molar-refractivity contribution in [2.45, 2.75) is 6.04 Å². The van der Waals surface area contributed by atoms with Crippen molar-refractivity contribution >= 4 is 23.2 Å². The van der Waals surface area contributed by atoms with Crippen LogP contribution in [0.3, 0.4) is 0 Å². The summed E-state index contributed by atoms with van der Waals surface area (Å²) in [6, 6.07) is 11.1. The Labute approximate surface area is 186 Å². The topological polar surface area (TPSA) is 113 Å². The van der Waals surface area contributed by atoms with E-state index in [9.17, 15) is 19.1 Å². The molecule has 0 spiro atoms. The van der Waals surface area contributed by atoms with Gasteiger partial charge in [0.1, 0.15) is 5.82 Å². The van der Waals surface area contributed by atoms with E-state index in [0.717, 1.165) is 0 Å². The van der Waals surface area contributed by atoms with Crippen LogP contribution >= 0.6 is 11.6 Å². The van der Waals surface area contributed by atoms with Gasteiger partial charge in [0.15, 0.2) is 0 Å². The highest BCUT2D eigenvalue weighted by molar-refractivity contribution is 6.30. The highest BCUT2D eigenvalue weighted by Crippen LogP contribution is 2.23. The van der Waals surface area contributed by atoms with Crippen molar-refractivity contribution in [3.05, 3.63) is 104 Å². The molecule has 32 heavy (non-hydrogen) atoms. The summed E-state index contributed by atoms with van der Waals surface area (Å²) in [6.45, 7) is -0.405. The second-order valence-electron chi connectivity index (χ2n) is 6.86. The molecule has 4 aromatic rings. The van der Waals surface area contributed by atoms with Crippen molar-refractivity contribution in [2.24, 2.45) is 0 Å². The summed E-state index contributed by atoms with van der Waals surface area (Å²) in [5, 5.41) is 12.7. The van der Waals surface area contributed by atoms with Crippen molar-refractivity contribution in [1.29, 1.82) is 0 Å². The average Bonchev–Trinajstić information content (AvgIpc) is 2.78. The number of halogens is 2. The molecule has 4 rings (SSSR count). The number of nitrogens with one attached hydrogen (secondary N) is 2. The van der Waals surface area contributed by atoms with E-state index in [4.69, 9.17) is 11.6 Å². The van der Waals surface area contributed by atoms with Gasteiger partial charge in [-0.2, -0.15) is 0 Å². The smallest absolute Gasteiger partial charge is 0.251 e. The van der Waals surface area contributed by atoms with E-state index in [1.54, 1.807) is 24.3 Å². The molecule has 162 valence electrons. The van der Waals surface area contributed by atoms with Gasteiger partial charge in [-0.15, -0.1) is 0 Å². The number of pyridine rings is 2. The number of hydrogen-bond acceptors (Lipinski definition) is 6. The van der Waals surface area contributed by atoms with Crippen LogP contribution in [0.15, 0.2) is 76.7 Å². The summed E-state index contributed by atoms with van der Waals surface area (Å²) < 4.78 is 15.2. The van der Waals surface area contributed by atoms with Gasteiger partial charge in [-0.3, -0.25) is 9.59 Å². The van der Waals surface area contributed by atoms with Crippen LogP contribution in [0.1, 0.15) is 11.6 Å². The van der Waals surface area contributed by atoms with Gasteiger partial charge in [-0.1, -0.05) is 17.7 Å². The minimum Gasteiger partial charge on any atom is -0.394 e. The molecule has 0 amide bonds. The maximum Gasteiger partial charge on any atom is 0.251 e. The van der Waals surface area contributed by atoms with Crippen LogP contribution in [0, 0.1) is 5.82 Å². The first kappa shape index (κ1) is 21.4. The third-order valence-electron chi connectivity index (χ3n) is 4.77. The molecule has 0 saturated heterocycles. The normalized spacial score (nSPS) is 11.8. The molecule has 3 N–H and O–H groups in total. The molecule has 8 nitrogen and oxygen atoms in total. The molecule has 0 fully saturated rings. The molecular weight excluding hydrogens is 437 g/mol. The summed E-state index contributed by atoms with van der Waals surface area (Å²) in [4.78, 5) is 35.3. The van der Waals surface area contributed by atoms with E-state index in [1.165, 1.54) is 47.4 Å². The van der Waals surface area contributed by atoms with Crippen molar-refractivity contribution < 1.29 is 9.50 Å². The number of H-pyrrole nitrogens is 1. The third kappa shape index (κ3) is 4.58. The van der Waals surface area contributed by atoms with E-state index in [2.05, 4.69) is 20.3 Å². The molecule has 0 unspecified atom stereocenters. The van der Waals surface area contributed by atoms with Gasteiger partial charge in [-0.25, -0.2) is 14.4 Å². The molecule has 3 aromatic heterocycles. The summed E-state index contributed by atoms with van der Waals surface area (Å²) in [6.07, 6.45) is 4.53. The number of hydrogen-bond donors (Lipinski definition) is 3. The summed E-state index contributed by atoms with van der Waals surface area (Å²) in [7, 11) is 0. The SMILES string of the molecule is O=c1cc(Nc2nccc(-c3ccn([C@H](CO)c4ccc(Cl)c(F)c4)c(=O)c3)n2)cc[nH]1. The Morgan fingerprint density at radius 3 is 2.72 bits per heavy atom. The fourth-order valence-electron chi connectivity index (χ4n) is 3.21. The van der Waals surface area contributed by atoms with Gasteiger partial charge in [0.2, 0.25) is 11.5 Å². The van der Waals surface area contributed by atoms with Crippen LogP contribution < -0.4 is 16.4 Å². The van der Waals surface area contributed by atoms with E-state index in [-0.39, 0.29) is 16.5 Å². The molecule has 0 radical (unpaired) electrons. The predicted octanol–water partition coefficient (Wildman–Crippen LogP) is 3.11. The molecule has 3 heterocycles. The van der Waals surface area contributed by atoms with Crippen LogP contribution in [0.5, 0.6) is 0 Å². The van der Waals surface area contributed by atoms with E-state index in [1.807, 2.05) is 0 Å². The minimum atomic E-state index is -0.776. The van der Waals surface area contributed by atoms with Crippen LogP contribution in [-0.4, -0.2) is 31.2 Å². The summed E-state index contributed by atoms with van der Waals surface area (Å²) >= 11 is 5.73. The molecule has 0 saturated carbocycles. The number of aromatic amines is 1. The van der Waals surface area contributed by atoms with Crippen molar-refractivity contribution in [3.8, 4) is 11.3 Å². The maximum atomic E-state index is 13.9. The van der Waals surface area contributed by atoms with E-state index in [0.29, 0.717) is 22.5 Å². The van der Waals surface area contributed by atoms with Crippen LogP contribution in [0.4, 0.5) is 16.0 Å². The number of anilines is 2. The van der Waals surface area contributed by atoms with Crippen LogP contribution in [-0.2, 0) is 0 Å².